The van der Waals surface area contributed by atoms with Gasteiger partial charge in [-0.15, -0.1) is 23.2 Å². The second-order valence-corrected chi connectivity index (χ2v) is 3.18. The lowest BCUT2D eigenvalue weighted by atomic mass is 10.1. The van der Waals surface area contributed by atoms with Gasteiger partial charge in [-0.1, -0.05) is 0 Å². The molecule has 1 fully saturated rings. The van der Waals surface area contributed by atoms with E-state index < -0.39 is 0 Å². The predicted octanol–water partition coefficient (Wildman–Crippen LogP) is 2.01. The molecule has 1 saturated heterocycles. The Kier molecular flexibility index (Phi) is 2.25. The molecule has 0 aromatic rings. The Bertz CT molecular complexity index is 105. The fourth-order valence-corrected chi connectivity index (χ4v) is 1.31. The van der Waals surface area contributed by atoms with E-state index in [0.29, 0.717) is 17.9 Å². The third-order valence-corrected chi connectivity index (χ3v) is 2.42. The van der Waals surface area contributed by atoms with E-state index in [1.54, 1.807) is 0 Å². The van der Waals surface area contributed by atoms with Crippen molar-refractivity contribution < 1.29 is 4.74 Å². The van der Waals surface area contributed by atoms with Gasteiger partial charge < -0.3 is 4.74 Å². The lowest BCUT2D eigenvalue weighted by Crippen LogP contribution is -2.11. The fourth-order valence-electron chi connectivity index (χ4n) is 0.872. The maximum absolute atomic E-state index is 5.60. The minimum absolute atomic E-state index is 0.0591. The highest BCUT2D eigenvalue weighted by Gasteiger charge is 2.50. The Balaban J connectivity index is 2.22. The number of hydrogen-bond donors (Lipinski definition) is 0. The topological polar surface area (TPSA) is 12.5 Å². The average molecular weight is 169 g/mol. The van der Waals surface area contributed by atoms with Crippen LogP contribution in [0.15, 0.2) is 0 Å². The Hall–Kier alpha value is 0.540. The Labute approximate surface area is 65.3 Å². The normalized spacial score (nSPS) is 41.0. The van der Waals surface area contributed by atoms with Crippen molar-refractivity contribution in [2.24, 2.45) is 0 Å². The molecule has 0 amide bonds. The van der Waals surface area contributed by atoms with Gasteiger partial charge in [-0.05, 0) is 13.3 Å². The molecular formula is C6H10Cl2O. The van der Waals surface area contributed by atoms with E-state index in [2.05, 4.69) is 0 Å². The minimum atomic E-state index is -0.0591. The summed E-state index contributed by atoms with van der Waals surface area (Å²) in [5.41, 5.74) is -0.0591. The van der Waals surface area contributed by atoms with Crippen LogP contribution in [0.1, 0.15) is 13.3 Å². The molecule has 1 nitrogen and oxygen atoms in total. The highest BCUT2D eigenvalue weighted by Crippen LogP contribution is 2.39. The molecule has 3 heteroatoms. The number of rotatable bonds is 3. The third kappa shape index (κ3) is 1.51. The van der Waals surface area contributed by atoms with Crippen LogP contribution in [-0.2, 0) is 4.74 Å². The zero-order valence-electron chi connectivity index (χ0n) is 5.36. The summed E-state index contributed by atoms with van der Waals surface area (Å²) >= 11 is 11.1. The maximum Gasteiger partial charge on any atom is 0.105 e. The molecule has 1 rings (SSSR count). The van der Waals surface area contributed by atoms with E-state index in [4.69, 9.17) is 27.9 Å². The summed E-state index contributed by atoms with van der Waals surface area (Å²) in [6.45, 7) is 2.01. The van der Waals surface area contributed by atoms with Crippen molar-refractivity contribution in [1.29, 1.82) is 0 Å². The number of alkyl halides is 2. The molecule has 0 bridgehead atoms. The van der Waals surface area contributed by atoms with Gasteiger partial charge in [-0.2, -0.15) is 0 Å². The Morgan fingerprint density at radius 3 is 2.56 bits per heavy atom. The van der Waals surface area contributed by atoms with Gasteiger partial charge in [0.05, 0.1) is 12.0 Å². The molecule has 1 heterocycles. The zero-order chi connectivity index (χ0) is 6.91. The van der Waals surface area contributed by atoms with Gasteiger partial charge in [0, 0.05) is 5.88 Å². The molecule has 9 heavy (non-hydrogen) atoms. The smallest absolute Gasteiger partial charge is 0.105 e. The summed E-state index contributed by atoms with van der Waals surface area (Å²) in [5, 5.41) is 0. The van der Waals surface area contributed by atoms with Gasteiger partial charge in [-0.25, -0.2) is 0 Å². The monoisotopic (exact) mass is 168 g/mol. The van der Waals surface area contributed by atoms with Crippen LogP contribution in [0.25, 0.3) is 0 Å². The van der Waals surface area contributed by atoms with Crippen LogP contribution in [0.2, 0.25) is 0 Å². The first-order valence-electron chi connectivity index (χ1n) is 3.02. The number of ether oxygens (including phenoxy) is 1. The molecule has 54 valence electrons. The van der Waals surface area contributed by atoms with Crippen molar-refractivity contribution in [2.75, 3.05) is 11.8 Å². The minimum Gasteiger partial charge on any atom is -0.365 e. The molecule has 0 radical (unpaired) electrons. The van der Waals surface area contributed by atoms with Gasteiger partial charge in [-0.3, -0.25) is 0 Å². The summed E-state index contributed by atoms with van der Waals surface area (Å²) in [4.78, 5) is 0. The van der Waals surface area contributed by atoms with Gasteiger partial charge in [0.15, 0.2) is 0 Å². The van der Waals surface area contributed by atoms with Crippen molar-refractivity contribution in [3.05, 3.63) is 0 Å². The molecule has 1 aliphatic rings. The molecule has 1 aliphatic heterocycles. The zero-order valence-corrected chi connectivity index (χ0v) is 6.87. The van der Waals surface area contributed by atoms with Crippen molar-refractivity contribution in [1.82, 2.24) is 0 Å². The van der Waals surface area contributed by atoms with Gasteiger partial charge >= 0.3 is 0 Å². The van der Waals surface area contributed by atoms with Crippen LogP contribution in [0.3, 0.4) is 0 Å². The van der Waals surface area contributed by atoms with Gasteiger partial charge in [0.1, 0.15) is 5.60 Å². The first-order chi connectivity index (χ1) is 4.23. The van der Waals surface area contributed by atoms with Crippen LogP contribution in [0, 0.1) is 0 Å². The van der Waals surface area contributed by atoms with Crippen LogP contribution >= 0.6 is 23.2 Å². The lowest BCUT2D eigenvalue weighted by Gasteiger charge is -1.95. The number of halogens is 2. The molecule has 0 saturated carbocycles. The molecule has 0 aliphatic carbocycles. The van der Waals surface area contributed by atoms with E-state index in [-0.39, 0.29) is 5.60 Å². The summed E-state index contributed by atoms with van der Waals surface area (Å²) in [6, 6.07) is 0. The SMILES string of the molecule is CC1(CCl)OC1CCCl. The van der Waals surface area contributed by atoms with Crippen molar-refractivity contribution in [3.8, 4) is 0 Å². The van der Waals surface area contributed by atoms with Gasteiger partial charge in [0.25, 0.3) is 0 Å². The summed E-state index contributed by atoms with van der Waals surface area (Å²) < 4.78 is 5.28. The summed E-state index contributed by atoms with van der Waals surface area (Å²) in [5.74, 6) is 1.24. The van der Waals surface area contributed by atoms with Crippen molar-refractivity contribution in [2.45, 2.75) is 25.0 Å². The second-order valence-electron chi connectivity index (χ2n) is 2.53. The molecule has 0 spiro atoms. The fraction of sp³-hybridized carbons (Fsp3) is 1.00. The van der Waals surface area contributed by atoms with E-state index >= 15 is 0 Å². The third-order valence-electron chi connectivity index (χ3n) is 1.67. The van der Waals surface area contributed by atoms with Crippen LogP contribution < -0.4 is 0 Å². The largest absolute Gasteiger partial charge is 0.365 e. The molecular weight excluding hydrogens is 159 g/mol. The number of hydrogen-bond acceptors (Lipinski definition) is 1. The quantitative estimate of drug-likeness (QED) is 0.465. The molecule has 0 N–H and O–H groups in total. The first-order valence-corrected chi connectivity index (χ1v) is 4.09. The summed E-state index contributed by atoms with van der Waals surface area (Å²) in [7, 11) is 0. The Morgan fingerprint density at radius 2 is 2.22 bits per heavy atom. The second kappa shape index (κ2) is 2.65. The molecule has 0 aromatic heterocycles. The van der Waals surface area contributed by atoms with E-state index in [0.717, 1.165) is 6.42 Å². The molecule has 0 aromatic carbocycles. The van der Waals surface area contributed by atoms with Crippen LogP contribution in [-0.4, -0.2) is 23.5 Å². The van der Waals surface area contributed by atoms with Crippen molar-refractivity contribution in [3.63, 3.8) is 0 Å². The van der Waals surface area contributed by atoms with Gasteiger partial charge in [0.2, 0.25) is 0 Å². The molecule has 2 atom stereocenters. The first kappa shape index (κ1) is 7.64. The van der Waals surface area contributed by atoms with Crippen molar-refractivity contribution >= 4 is 23.2 Å². The highest BCUT2D eigenvalue weighted by molar-refractivity contribution is 6.19. The van der Waals surface area contributed by atoms with E-state index in [9.17, 15) is 0 Å². The predicted molar refractivity (Wildman–Crippen MR) is 39.3 cm³/mol. The van der Waals surface area contributed by atoms with E-state index in [1.165, 1.54) is 0 Å². The number of epoxide rings is 1. The van der Waals surface area contributed by atoms with Crippen LogP contribution in [0.5, 0.6) is 0 Å². The Morgan fingerprint density at radius 1 is 1.56 bits per heavy atom. The highest BCUT2D eigenvalue weighted by atomic mass is 35.5. The van der Waals surface area contributed by atoms with E-state index in [1.807, 2.05) is 6.92 Å². The van der Waals surface area contributed by atoms with Crippen LogP contribution in [0.4, 0.5) is 0 Å². The maximum atomic E-state index is 5.60. The molecule has 2 unspecified atom stereocenters. The summed E-state index contributed by atoms with van der Waals surface area (Å²) in [6.07, 6.45) is 1.23. The standard InChI is InChI=1S/C6H10Cl2O/c1-6(4-8)5(9-6)2-3-7/h5H,2-4H2,1H3. The average Bonchev–Trinajstić information content (AvgIpc) is 2.46. The lowest BCUT2D eigenvalue weighted by molar-refractivity contribution is 0.324.